The summed E-state index contributed by atoms with van der Waals surface area (Å²) >= 11 is 7.45. The molecule has 2 nitrogen and oxygen atoms in total. The molecule has 0 amide bonds. The summed E-state index contributed by atoms with van der Waals surface area (Å²) in [6, 6.07) is 3.44. The zero-order valence-electron chi connectivity index (χ0n) is 11.0. The van der Waals surface area contributed by atoms with E-state index in [9.17, 15) is 4.39 Å². The molecule has 2 N–H and O–H groups in total. The highest BCUT2D eigenvalue weighted by Gasteiger charge is 2.19. The van der Waals surface area contributed by atoms with Crippen LogP contribution >= 0.6 is 35.8 Å². The van der Waals surface area contributed by atoms with Crippen LogP contribution < -0.4 is 5.32 Å². The largest absolute Gasteiger partial charge is 0.357 e. The fourth-order valence-electron chi connectivity index (χ4n) is 2.55. The van der Waals surface area contributed by atoms with Crippen molar-refractivity contribution in [2.24, 2.45) is 0 Å². The van der Waals surface area contributed by atoms with Gasteiger partial charge in [-0.25, -0.2) is 4.39 Å². The molecule has 6 heteroatoms. The van der Waals surface area contributed by atoms with Crippen molar-refractivity contribution in [1.29, 1.82) is 0 Å². The number of benzene rings is 1. The van der Waals surface area contributed by atoms with Gasteiger partial charge in [-0.15, -0.1) is 35.8 Å². The SMILES string of the molecule is Cl.Fc1ccc(SCCCCl)c2[nH]c3c(c12)CNCC3. The Morgan fingerprint density at radius 3 is 3.00 bits per heavy atom. The van der Waals surface area contributed by atoms with Gasteiger partial charge in [-0.3, -0.25) is 0 Å². The molecule has 0 spiro atoms. The van der Waals surface area contributed by atoms with Gasteiger partial charge in [0.2, 0.25) is 0 Å². The predicted octanol–water partition coefficient (Wildman–Crippen LogP) is 4.10. The maximum absolute atomic E-state index is 14.1. The van der Waals surface area contributed by atoms with Crippen LogP contribution in [0.15, 0.2) is 17.0 Å². The van der Waals surface area contributed by atoms with Gasteiger partial charge in [-0.1, -0.05) is 0 Å². The highest BCUT2D eigenvalue weighted by atomic mass is 35.5. The molecule has 0 atom stereocenters. The van der Waals surface area contributed by atoms with Crippen molar-refractivity contribution < 1.29 is 4.39 Å². The molecule has 0 fully saturated rings. The van der Waals surface area contributed by atoms with Crippen molar-refractivity contribution >= 4 is 46.7 Å². The first-order valence-corrected chi connectivity index (χ1v) is 8.04. The smallest absolute Gasteiger partial charge is 0.132 e. The minimum atomic E-state index is -0.127. The van der Waals surface area contributed by atoms with E-state index >= 15 is 0 Å². The Hall–Kier alpha value is -0.420. The molecule has 0 saturated heterocycles. The Morgan fingerprint density at radius 2 is 2.20 bits per heavy atom. The molecular formula is C14H17Cl2FN2S. The van der Waals surface area contributed by atoms with Gasteiger partial charge in [0.1, 0.15) is 5.82 Å². The van der Waals surface area contributed by atoms with Gasteiger partial charge < -0.3 is 10.3 Å². The van der Waals surface area contributed by atoms with Crippen molar-refractivity contribution in [3.05, 3.63) is 29.2 Å². The lowest BCUT2D eigenvalue weighted by atomic mass is 10.1. The Kier molecular flexibility index (Phi) is 5.61. The van der Waals surface area contributed by atoms with Crippen molar-refractivity contribution in [2.75, 3.05) is 18.2 Å². The Morgan fingerprint density at radius 1 is 1.35 bits per heavy atom. The number of aromatic nitrogens is 1. The van der Waals surface area contributed by atoms with Crippen LogP contribution in [0, 0.1) is 5.82 Å². The number of fused-ring (bicyclic) bond motifs is 3. The first-order chi connectivity index (χ1) is 9.31. The molecule has 1 aliphatic heterocycles. The molecule has 0 bridgehead atoms. The average molecular weight is 335 g/mol. The topological polar surface area (TPSA) is 27.8 Å². The molecule has 0 radical (unpaired) electrons. The molecule has 20 heavy (non-hydrogen) atoms. The normalized spacial score (nSPS) is 14.1. The first kappa shape index (κ1) is 16.0. The molecule has 2 heterocycles. The molecule has 3 rings (SSSR count). The minimum Gasteiger partial charge on any atom is -0.357 e. The number of hydrogen-bond donors (Lipinski definition) is 2. The van der Waals surface area contributed by atoms with Crippen LogP contribution in [0.1, 0.15) is 17.7 Å². The predicted molar refractivity (Wildman–Crippen MR) is 87.0 cm³/mol. The molecule has 1 aromatic heterocycles. The van der Waals surface area contributed by atoms with Crippen LogP contribution in [-0.4, -0.2) is 23.2 Å². The molecule has 1 aliphatic rings. The van der Waals surface area contributed by atoms with Gasteiger partial charge in [0.25, 0.3) is 0 Å². The van der Waals surface area contributed by atoms with E-state index < -0.39 is 0 Å². The third-order valence-electron chi connectivity index (χ3n) is 3.45. The lowest BCUT2D eigenvalue weighted by molar-refractivity contribution is 0.624. The number of alkyl halides is 1. The Bertz CT molecular complexity index is 600. The number of nitrogens with one attached hydrogen (secondary N) is 2. The summed E-state index contributed by atoms with van der Waals surface area (Å²) in [6.07, 6.45) is 1.91. The summed E-state index contributed by atoms with van der Waals surface area (Å²) in [5, 5.41) is 4.07. The highest BCUT2D eigenvalue weighted by Crippen LogP contribution is 2.34. The van der Waals surface area contributed by atoms with E-state index in [1.54, 1.807) is 17.8 Å². The highest BCUT2D eigenvalue weighted by molar-refractivity contribution is 7.99. The van der Waals surface area contributed by atoms with Crippen LogP contribution in [0.3, 0.4) is 0 Å². The summed E-state index contributed by atoms with van der Waals surface area (Å²) in [5.74, 6) is 1.51. The maximum atomic E-state index is 14.1. The molecule has 0 saturated carbocycles. The van der Waals surface area contributed by atoms with Crippen LogP contribution in [0.2, 0.25) is 0 Å². The molecule has 1 aromatic carbocycles. The first-order valence-electron chi connectivity index (χ1n) is 6.52. The number of rotatable bonds is 4. The summed E-state index contributed by atoms with van der Waals surface area (Å²) in [5.41, 5.74) is 3.23. The van der Waals surface area contributed by atoms with Gasteiger partial charge in [0, 0.05) is 41.4 Å². The quantitative estimate of drug-likeness (QED) is 0.500. The number of aromatic amines is 1. The standard InChI is InChI=1S/C14H16ClFN2S.ClH/c15-5-1-7-19-12-3-2-10(16)13-9-8-17-6-4-11(9)18-14(12)13;/h2-3,17-18H,1,4-8H2;1H. The van der Waals surface area contributed by atoms with Crippen molar-refractivity contribution in [3.63, 3.8) is 0 Å². The van der Waals surface area contributed by atoms with E-state index in [1.807, 2.05) is 6.07 Å². The van der Waals surface area contributed by atoms with Gasteiger partial charge in [-0.2, -0.15) is 0 Å². The van der Waals surface area contributed by atoms with E-state index in [0.717, 1.165) is 53.0 Å². The lowest BCUT2D eigenvalue weighted by Gasteiger charge is -2.12. The second kappa shape index (κ2) is 7.03. The third-order valence-corrected chi connectivity index (χ3v) is 4.86. The third kappa shape index (κ3) is 2.93. The second-order valence-electron chi connectivity index (χ2n) is 4.70. The minimum absolute atomic E-state index is 0. The number of hydrogen-bond acceptors (Lipinski definition) is 2. The van der Waals surface area contributed by atoms with Crippen molar-refractivity contribution in [1.82, 2.24) is 10.3 Å². The van der Waals surface area contributed by atoms with Gasteiger partial charge in [-0.05, 0) is 29.9 Å². The van der Waals surface area contributed by atoms with E-state index in [4.69, 9.17) is 11.6 Å². The lowest BCUT2D eigenvalue weighted by Crippen LogP contribution is -2.23. The Balaban J connectivity index is 0.00000147. The Labute approximate surface area is 133 Å². The van der Waals surface area contributed by atoms with Crippen molar-refractivity contribution in [2.45, 2.75) is 24.3 Å². The molecular weight excluding hydrogens is 318 g/mol. The zero-order chi connectivity index (χ0) is 13.2. The maximum Gasteiger partial charge on any atom is 0.132 e. The van der Waals surface area contributed by atoms with E-state index in [0.29, 0.717) is 5.88 Å². The number of thioether (sulfide) groups is 1. The average Bonchev–Trinajstić information content (AvgIpc) is 2.82. The van der Waals surface area contributed by atoms with Crippen molar-refractivity contribution in [3.8, 4) is 0 Å². The van der Waals surface area contributed by atoms with Crippen LogP contribution in [-0.2, 0) is 13.0 Å². The number of halogens is 3. The molecule has 2 aromatic rings. The van der Waals surface area contributed by atoms with E-state index in [-0.39, 0.29) is 18.2 Å². The summed E-state index contributed by atoms with van der Waals surface area (Å²) in [4.78, 5) is 4.54. The van der Waals surface area contributed by atoms with Crippen LogP contribution in [0.4, 0.5) is 4.39 Å². The molecule has 0 unspecified atom stereocenters. The second-order valence-corrected chi connectivity index (χ2v) is 6.21. The van der Waals surface area contributed by atoms with Crippen LogP contribution in [0.5, 0.6) is 0 Å². The van der Waals surface area contributed by atoms with Gasteiger partial charge in [0.05, 0.1) is 5.52 Å². The fourth-order valence-corrected chi connectivity index (χ4v) is 3.81. The summed E-state index contributed by atoms with van der Waals surface area (Å²) in [6.45, 7) is 1.71. The van der Waals surface area contributed by atoms with E-state index in [2.05, 4.69) is 10.3 Å². The van der Waals surface area contributed by atoms with Crippen LogP contribution in [0.25, 0.3) is 10.9 Å². The fraction of sp³-hybridized carbons (Fsp3) is 0.429. The summed E-state index contributed by atoms with van der Waals surface area (Å²) in [7, 11) is 0. The van der Waals surface area contributed by atoms with Gasteiger partial charge >= 0.3 is 0 Å². The van der Waals surface area contributed by atoms with Gasteiger partial charge in [0.15, 0.2) is 0 Å². The van der Waals surface area contributed by atoms with E-state index in [1.165, 1.54) is 5.69 Å². The number of H-pyrrole nitrogens is 1. The summed E-state index contributed by atoms with van der Waals surface area (Å²) < 4.78 is 14.1. The monoisotopic (exact) mass is 334 g/mol. The zero-order valence-corrected chi connectivity index (χ0v) is 13.4. The molecule has 110 valence electrons. The molecule has 0 aliphatic carbocycles.